The van der Waals surface area contributed by atoms with Crippen LogP contribution < -0.4 is 0 Å². The van der Waals surface area contributed by atoms with Crippen molar-refractivity contribution >= 4 is 11.6 Å². The van der Waals surface area contributed by atoms with E-state index in [1.165, 1.54) is 0 Å². The lowest BCUT2D eigenvalue weighted by molar-refractivity contribution is -0.164. The Morgan fingerprint density at radius 1 is 1.09 bits per heavy atom. The molecule has 3 fully saturated rings. The van der Waals surface area contributed by atoms with E-state index in [2.05, 4.69) is 34.6 Å². The minimum Gasteiger partial charge on any atom is -0.390 e. The van der Waals surface area contributed by atoms with E-state index in [0.29, 0.717) is 60.9 Å². The molecular formula is C28H48O4. The summed E-state index contributed by atoms with van der Waals surface area (Å²) < 4.78 is 0. The molecule has 6 unspecified atom stereocenters. The standard InChI is InChI=1S/C28H48O4/c1-8-21-25-22(28(7)13-11-20(29)15-19(28)16-23(25)30)12-14-27(21,6)18(3)17(2)9-10-24(31)26(4,5)32/h17-19,21-22,24-25,31-32H,8-16H2,1-7H3/t17-,18?,19?,21+,22+,24?,25?,27?,28?/m1/s1. The molecule has 32 heavy (non-hydrogen) atoms. The van der Waals surface area contributed by atoms with Gasteiger partial charge in [-0.3, -0.25) is 9.59 Å². The highest BCUT2D eigenvalue weighted by molar-refractivity contribution is 5.86. The van der Waals surface area contributed by atoms with Gasteiger partial charge >= 0.3 is 0 Å². The van der Waals surface area contributed by atoms with Crippen molar-refractivity contribution in [2.75, 3.05) is 0 Å². The first-order chi connectivity index (χ1) is 14.8. The Morgan fingerprint density at radius 3 is 2.34 bits per heavy atom. The molecule has 2 N–H and O–H groups in total. The van der Waals surface area contributed by atoms with Crippen LogP contribution in [0.5, 0.6) is 0 Å². The fraction of sp³-hybridized carbons (Fsp3) is 0.929. The van der Waals surface area contributed by atoms with Gasteiger partial charge in [0.15, 0.2) is 0 Å². The SMILES string of the molecule is CC[C@H]1C2C(=O)CC3CC(=O)CCC3(C)[C@H]2CCC1(C)C(C)[C@H](C)CCC(O)C(C)(C)O. The molecule has 0 heterocycles. The Bertz CT molecular complexity index is 709. The third-order valence-electron chi connectivity index (χ3n) is 10.8. The first kappa shape index (κ1) is 25.9. The predicted octanol–water partition coefficient (Wildman–Crippen LogP) is 5.58. The van der Waals surface area contributed by atoms with E-state index in [9.17, 15) is 19.8 Å². The zero-order valence-electron chi connectivity index (χ0n) is 21.6. The minimum absolute atomic E-state index is 0.0956. The van der Waals surface area contributed by atoms with Gasteiger partial charge in [-0.25, -0.2) is 0 Å². The third kappa shape index (κ3) is 4.48. The van der Waals surface area contributed by atoms with Gasteiger partial charge < -0.3 is 10.2 Å². The molecule has 0 aromatic heterocycles. The number of carbonyl (C=O) groups excluding carboxylic acids is 2. The van der Waals surface area contributed by atoms with Gasteiger partial charge in [-0.2, -0.15) is 0 Å². The molecule has 4 nitrogen and oxygen atoms in total. The Labute approximate surface area is 195 Å². The number of aliphatic hydroxyl groups is 2. The lowest BCUT2D eigenvalue weighted by Gasteiger charge is -2.61. The molecule has 184 valence electrons. The van der Waals surface area contributed by atoms with Crippen molar-refractivity contribution in [3.63, 3.8) is 0 Å². The van der Waals surface area contributed by atoms with Crippen LogP contribution in [0, 0.1) is 46.3 Å². The quantitative estimate of drug-likeness (QED) is 0.533. The van der Waals surface area contributed by atoms with Crippen LogP contribution in [0.4, 0.5) is 0 Å². The van der Waals surface area contributed by atoms with E-state index >= 15 is 0 Å². The Morgan fingerprint density at radius 2 is 1.75 bits per heavy atom. The topological polar surface area (TPSA) is 74.6 Å². The normalized spacial score (nSPS) is 40.9. The summed E-state index contributed by atoms with van der Waals surface area (Å²) in [5.74, 6) is 2.79. The molecule has 3 saturated carbocycles. The number of aliphatic hydroxyl groups excluding tert-OH is 1. The fourth-order valence-electron chi connectivity index (χ4n) is 8.07. The highest BCUT2D eigenvalue weighted by Crippen LogP contribution is 2.64. The van der Waals surface area contributed by atoms with Gasteiger partial charge in [-0.05, 0) is 86.4 Å². The van der Waals surface area contributed by atoms with Gasteiger partial charge in [0.2, 0.25) is 0 Å². The van der Waals surface area contributed by atoms with Crippen molar-refractivity contribution in [2.45, 2.75) is 118 Å². The monoisotopic (exact) mass is 448 g/mol. The Balaban J connectivity index is 1.80. The fourth-order valence-corrected chi connectivity index (χ4v) is 8.07. The number of ketones is 2. The van der Waals surface area contributed by atoms with E-state index in [0.717, 1.165) is 32.1 Å². The Kier molecular flexibility index (Phi) is 7.38. The summed E-state index contributed by atoms with van der Waals surface area (Å²) in [5, 5.41) is 20.4. The maximum Gasteiger partial charge on any atom is 0.136 e. The molecule has 3 rings (SSSR count). The van der Waals surface area contributed by atoms with Gasteiger partial charge in [0, 0.05) is 25.2 Å². The predicted molar refractivity (Wildman–Crippen MR) is 128 cm³/mol. The van der Waals surface area contributed by atoms with Crippen LogP contribution in [0.1, 0.15) is 106 Å². The molecule has 0 amide bonds. The van der Waals surface area contributed by atoms with Crippen LogP contribution in [-0.4, -0.2) is 33.5 Å². The summed E-state index contributed by atoms with van der Waals surface area (Å²) in [5.41, 5.74) is -0.843. The number of rotatable bonds is 7. The van der Waals surface area contributed by atoms with Gasteiger partial charge in [0.1, 0.15) is 11.6 Å². The second-order valence-electron chi connectivity index (χ2n) is 12.8. The number of Topliss-reactive ketones (excluding diaryl/α,β-unsaturated/α-hetero) is 2. The van der Waals surface area contributed by atoms with Crippen LogP contribution in [0.15, 0.2) is 0 Å². The van der Waals surface area contributed by atoms with E-state index in [4.69, 9.17) is 0 Å². The van der Waals surface area contributed by atoms with Crippen LogP contribution in [0.2, 0.25) is 0 Å². The lowest BCUT2D eigenvalue weighted by atomic mass is 9.42. The summed E-state index contributed by atoms with van der Waals surface area (Å²) in [4.78, 5) is 25.7. The lowest BCUT2D eigenvalue weighted by Crippen LogP contribution is -2.58. The minimum atomic E-state index is -1.07. The maximum atomic E-state index is 13.5. The Hall–Kier alpha value is -0.740. The van der Waals surface area contributed by atoms with Gasteiger partial charge in [0.05, 0.1) is 11.7 Å². The largest absolute Gasteiger partial charge is 0.390 e. The second-order valence-corrected chi connectivity index (χ2v) is 12.8. The first-order valence-electron chi connectivity index (χ1n) is 13.2. The van der Waals surface area contributed by atoms with Crippen molar-refractivity contribution < 1.29 is 19.8 Å². The molecule has 4 heteroatoms. The molecule has 0 aromatic rings. The van der Waals surface area contributed by atoms with Crippen molar-refractivity contribution in [3.8, 4) is 0 Å². The summed E-state index contributed by atoms with van der Waals surface area (Å²) >= 11 is 0. The van der Waals surface area contributed by atoms with Gasteiger partial charge in [-0.15, -0.1) is 0 Å². The highest BCUT2D eigenvalue weighted by Gasteiger charge is 2.60. The van der Waals surface area contributed by atoms with Crippen LogP contribution in [0.3, 0.4) is 0 Å². The first-order valence-corrected chi connectivity index (χ1v) is 13.2. The van der Waals surface area contributed by atoms with Gasteiger partial charge in [-0.1, -0.05) is 41.0 Å². The summed E-state index contributed by atoms with van der Waals surface area (Å²) in [6.45, 7) is 15.0. The average molecular weight is 449 g/mol. The number of fused-ring (bicyclic) bond motifs is 3. The van der Waals surface area contributed by atoms with E-state index in [-0.39, 0.29) is 22.7 Å². The molecule has 9 atom stereocenters. The molecule has 0 bridgehead atoms. The van der Waals surface area contributed by atoms with Gasteiger partial charge in [0.25, 0.3) is 0 Å². The maximum absolute atomic E-state index is 13.5. The van der Waals surface area contributed by atoms with E-state index < -0.39 is 11.7 Å². The van der Waals surface area contributed by atoms with Crippen molar-refractivity contribution in [2.24, 2.45) is 46.3 Å². The van der Waals surface area contributed by atoms with Crippen LogP contribution >= 0.6 is 0 Å². The number of carbonyl (C=O) groups is 2. The molecule has 0 aliphatic heterocycles. The zero-order chi connectivity index (χ0) is 24.1. The van der Waals surface area contributed by atoms with E-state index in [1.54, 1.807) is 13.8 Å². The highest BCUT2D eigenvalue weighted by atomic mass is 16.3. The van der Waals surface area contributed by atoms with Crippen molar-refractivity contribution in [1.82, 2.24) is 0 Å². The smallest absolute Gasteiger partial charge is 0.136 e. The summed E-state index contributed by atoms with van der Waals surface area (Å²) in [6.07, 6.45) is 6.86. The molecule has 0 aromatic carbocycles. The molecule has 3 aliphatic carbocycles. The van der Waals surface area contributed by atoms with Crippen LogP contribution in [0.25, 0.3) is 0 Å². The molecule has 0 radical (unpaired) electrons. The average Bonchev–Trinajstić information content (AvgIpc) is 2.71. The summed E-state index contributed by atoms with van der Waals surface area (Å²) in [7, 11) is 0. The molecule has 0 spiro atoms. The molecular weight excluding hydrogens is 400 g/mol. The van der Waals surface area contributed by atoms with Crippen LogP contribution in [-0.2, 0) is 9.59 Å². The zero-order valence-corrected chi connectivity index (χ0v) is 21.6. The third-order valence-corrected chi connectivity index (χ3v) is 10.8. The number of hydrogen-bond donors (Lipinski definition) is 2. The van der Waals surface area contributed by atoms with Crippen molar-refractivity contribution in [3.05, 3.63) is 0 Å². The molecule has 0 saturated heterocycles. The number of hydrogen-bond acceptors (Lipinski definition) is 4. The molecule has 3 aliphatic rings. The van der Waals surface area contributed by atoms with E-state index in [1.807, 2.05) is 0 Å². The summed E-state index contributed by atoms with van der Waals surface area (Å²) in [6, 6.07) is 0. The van der Waals surface area contributed by atoms with Crippen molar-refractivity contribution in [1.29, 1.82) is 0 Å². The second kappa shape index (κ2) is 9.13.